The van der Waals surface area contributed by atoms with Crippen LogP contribution in [0.4, 0.5) is 10.1 Å². The van der Waals surface area contributed by atoms with E-state index in [-0.39, 0.29) is 28.9 Å². The van der Waals surface area contributed by atoms with Crippen molar-refractivity contribution in [2.75, 3.05) is 0 Å². The van der Waals surface area contributed by atoms with Crippen LogP contribution in [0, 0.1) is 15.9 Å². The van der Waals surface area contributed by atoms with Gasteiger partial charge in [0.15, 0.2) is 0 Å². The van der Waals surface area contributed by atoms with E-state index < -0.39 is 4.92 Å². The average Bonchev–Trinajstić information content (AvgIpc) is 2.97. The quantitative estimate of drug-likeness (QED) is 0.674. The number of hydrogen-bond donors (Lipinski definition) is 2. The molecule has 0 aliphatic carbocycles. The van der Waals surface area contributed by atoms with Gasteiger partial charge >= 0.3 is 0 Å². The Labute approximate surface area is 125 Å². The molecule has 0 spiro atoms. The topological polar surface area (TPSA) is 87.8 Å². The summed E-state index contributed by atoms with van der Waals surface area (Å²) in [7, 11) is 0. The van der Waals surface area contributed by atoms with Crippen LogP contribution in [0.1, 0.15) is 23.6 Å². The lowest BCUT2D eigenvalue weighted by Crippen LogP contribution is -2.11. The summed E-state index contributed by atoms with van der Waals surface area (Å²) in [6.45, 7) is 0. The molecule has 22 heavy (non-hydrogen) atoms. The van der Waals surface area contributed by atoms with Crippen molar-refractivity contribution >= 4 is 11.4 Å². The van der Waals surface area contributed by atoms with Gasteiger partial charge in [0.1, 0.15) is 11.6 Å². The summed E-state index contributed by atoms with van der Waals surface area (Å²) in [6, 6.07) is 9.71. The molecule has 7 heteroatoms. The van der Waals surface area contributed by atoms with E-state index in [0.29, 0.717) is 17.7 Å². The van der Waals surface area contributed by atoms with Gasteiger partial charge in [-0.2, -0.15) is 5.10 Å². The first-order valence-corrected chi connectivity index (χ1v) is 6.60. The number of halogens is 1. The highest BCUT2D eigenvalue weighted by Crippen LogP contribution is 2.31. The van der Waals surface area contributed by atoms with E-state index in [0.717, 1.165) is 0 Å². The third kappa shape index (κ3) is 2.48. The number of nitro groups is 1. The molecule has 2 N–H and O–H groups in total. The van der Waals surface area contributed by atoms with Gasteiger partial charge in [0.2, 0.25) is 0 Å². The third-order valence-electron chi connectivity index (χ3n) is 3.54. The minimum absolute atomic E-state index is 0.0969. The number of nitrogens with one attached hydrogen (secondary N) is 1. The first kappa shape index (κ1) is 14.0. The molecule has 1 aliphatic rings. The van der Waals surface area contributed by atoms with Gasteiger partial charge < -0.3 is 10.5 Å². The molecule has 1 aliphatic heterocycles. The van der Waals surface area contributed by atoms with Crippen molar-refractivity contribution in [3.63, 3.8) is 0 Å². The lowest BCUT2D eigenvalue weighted by molar-refractivity contribution is -0.384. The van der Waals surface area contributed by atoms with E-state index in [9.17, 15) is 19.6 Å². The van der Waals surface area contributed by atoms with Gasteiger partial charge in [-0.1, -0.05) is 18.2 Å². The van der Waals surface area contributed by atoms with Crippen LogP contribution >= 0.6 is 0 Å². The molecule has 6 nitrogen and oxygen atoms in total. The number of hydrazone groups is 1. The summed E-state index contributed by atoms with van der Waals surface area (Å²) in [5.41, 5.74) is 3.87. The van der Waals surface area contributed by atoms with E-state index in [4.69, 9.17) is 0 Å². The number of aromatic hydroxyl groups is 1. The molecule has 1 heterocycles. The van der Waals surface area contributed by atoms with Crippen molar-refractivity contribution in [2.24, 2.45) is 5.10 Å². The number of non-ortho nitro benzene ring substituents is 1. The smallest absolute Gasteiger partial charge is 0.270 e. The number of rotatable bonds is 3. The van der Waals surface area contributed by atoms with Gasteiger partial charge in [-0.25, -0.2) is 4.39 Å². The zero-order chi connectivity index (χ0) is 15.7. The Morgan fingerprint density at radius 2 is 2.09 bits per heavy atom. The molecule has 0 fully saturated rings. The number of phenolic OH excluding ortho intramolecular Hbond substituents is 1. The van der Waals surface area contributed by atoms with Crippen LogP contribution in [0.15, 0.2) is 47.6 Å². The number of benzene rings is 2. The highest BCUT2D eigenvalue weighted by Gasteiger charge is 2.26. The van der Waals surface area contributed by atoms with Crippen LogP contribution < -0.4 is 5.43 Å². The Bertz CT molecular complexity index is 776. The van der Waals surface area contributed by atoms with Crippen LogP contribution in [-0.4, -0.2) is 15.7 Å². The van der Waals surface area contributed by atoms with Crippen molar-refractivity contribution in [3.05, 3.63) is 69.5 Å². The van der Waals surface area contributed by atoms with Crippen molar-refractivity contribution in [2.45, 2.75) is 12.5 Å². The maximum atomic E-state index is 13.8. The van der Waals surface area contributed by atoms with Crippen molar-refractivity contribution < 1.29 is 14.4 Å². The largest absolute Gasteiger partial charge is 0.507 e. The van der Waals surface area contributed by atoms with Gasteiger partial charge in [0, 0.05) is 29.7 Å². The van der Waals surface area contributed by atoms with Gasteiger partial charge in [-0.05, 0) is 12.1 Å². The minimum Gasteiger partial charge on any atom is -0.507 e. The van der Waals surface area contributed by atoms with Crippen molar-refractivity contribution in [1.82, 2.24) is 5.43 Å². The second-order valence-electron chi connectivity index (χ2n) is 4.92. The predicted octanol–water partition coefficient (Wildman–Crippen LogP) is 2.88. The molecule has 0 bridgehead atoms. The molecule has 0 aromatic heterocycles. The van der Waals surface area contributed by atoms with Gasteiger partial charge in [-0.15, -0.1) is 0 Å². The second-order valence-corrected chi connectivity index (χ2v) is 4.92. The molecule has 0 radical (unpaired) electrons. The molecule has 1 atom stereocenters. The van der Waals surface area contributed by atoms with Crippen LogP contribution in [0.5, 0.6) is 5.75 Å². The Balaban J connectivity index is 1.88. The fraction of sp³-hybridized carbons (Fsp3) is 0.133. The second kappa shape index (κ2) is 5.44. The van der Waals surface area contributed by atoms with Crippen LogP contribution in [0.25, 0.3) is 0 Å². The fourth-order valence-corrected chi connectivity index (χ4v) is 2.42. The summed E-state index contributed by atoms with van der Waals surface area (Å²) in [5.74, 6) is -0.444. The zero-order valence-electron chi connectivity index (χ0n) is 11.4. The Morgan fingerprint density at radius 3 is 2.82 bits per heavy atom. The third-order valence-corrected chi connectivity index (χ3v) is 3.54. The molecule has 2 aromatic rings. The maximum absolute atomic E-state index is 13.8. The zero-order valence-corrected chi connectivity index (χ0v) is 11.4. The Kier molecular flexibility index (Phi) is 3.46. The predicted molar refractivity (Wildman–Crippen MR) is 78.2 cm³/mol. The highest BCUT2D eigenvalue weighted by atomic mass is 19.1. The maximum Gasteiger partial charge on any atom is 0.270 e. The summed E-state index contributed by atoms with van der Waals surface area (Å²) in [6.07, 6.45) is 0.329. The van der Waals surface area contributed by atoms with E-state index in [1.807, 2.05) is 0 Å². The molecule has 3 rings (SSSR count). The van der Waals surface area contributed by atoms with Crippen molar-refractivity contribution in [3.8, 4) is 5.75 Å². The molecular weight excluding hydrogens is 289 g/mol. The Hall–Kier alpha value is -2.96. The average molecular weight is 301 g/mol. The SMILES string of the molecule is O=[N+]([O-])c1ccc(O)c(C2=NNC(c3ccccc3F)C2)c1. The normalized spacial score (nSPS) is 17.0. The fourth-order valence-electron chi connectivity index (χ4n) is 2.42. The molecule has 2 aromatic carbocycles. The van der Waals surface area contributed by atoms with Crippen LogP contribution in [0.2, 0.25) is 0 Å². The first-order valence-electron chi connectivity index (χ1n) is 6.60. The highest BCUT2D eigenvalue weighted by molar-refractivity contribution is 6.04. The molecule has 0 amide bonds. The lowest BCUT2D eigenvalue weighted by Gasteiger charge is -2.11. The van der Waals surface area contributed by atoms with E-state index >= 15 is 0 Å². The number of nitro benzene ring substituents is 1. The number of nitrogens with zero attached hydrogens (tertiary/aromatic N) is 2. The molecular formula is C15H12FN3O3. The summed E-state index contributed by atoms with van der Waals surface area (Å²) in [5, 5.41) is 24.8. The van der Waals surface area contributed by atoms with Gasteiger partial charge in [0.25, 0.3) is 5.69 Å². The summed E-state index contributed by atoms with van der Waals surface area (Å²) in [4.78, 5) is 10.3. The Morgan fingerprint density at radius 1 is 1.32 bits per heavy atom. The standard InChI is InChI=1S/C15H12FN3O3/c16-12-4-2-1-3-10(12)13-8-14(18-17-13)11-7-9(19(21)22)5-6-15(11)20/h1-7,13,17,20H,8H2. The van der Waals surface area contributed by atoms with Crippen LogP contribution in [-0.2, 0) is 0 Å². The number of phenols is 1. The molecule has 0 saturated heterocycles. The van der Waals surface area contributed by atoms with Gasteiger partial charge in [-0.3, -0.25) is 10.1 Å². The van der Waals surface area contributed by atoms with E-state index in [1.165, 1.54) is 24.3 Å². The first-order chi connectivity index (χ1) is 10.6. The van der Waals surface area contributed by atoms with Crippen molar-refractivity contribution in [1.29, 1.82) is 0 Å². The minimum atomic E-state index is -0.541. The van der Waals surface area contributed by atoms with E-state index in [2.05, 4.69) is 10.5 Å². The summed E-state index contributed by atoms with van der Waals surface area (Å²) >= 11 is 0. The lowest BCUT2D eigenvalue weighted by atomic mass is 9.98. The van der Waals surface area contributed by atoms with E-state index in [1.54, 1.807) is 18.2 Å². The van der Waals surface area contributed by atoms with Crippen LogP contribution in [0.3, 0.4) is 0 Å². The number of hydrogen-bond acceptors (Lipinski definition) is 5. The monoisotopic (exact) mass is 301 g/mol. The molecule has 0 saturated carbocycles. The summed E-state index contributed by atoms with van der Waals surface area (Å²) < 4.78 is 13.8. The van der Waals surface area contributed by atoms with Gasteiger partial charge in [0.05, 0.1) is 16.7 Å². The molecule has 112 valence electrons. The molecule has 1 unspecified atom stereocenters.